The molecule has 0 bridgehead atoms. The Labute approximate surface area is 157 Å². The van der Waals surface area contributed by atoms with Crippen molar-refractivity contribution in [2.45, 2.75) is 32.1 Å². The van der Waals surface area contributed by atoms with E-state index >= 15 is 0 Å². The SMILES string of the molecule is CC(C)(C(=O)O)c1ccc(NC(=O)c2cccc(N3CCCC3=O)c2)cc1. The van der Waals surface area contributed by atoms with Crippen LogP contribution in [0.5, 0.6) is 0 Å². The predicted octanol–water partition coefficient (Wildman–Crippen LogP) is 3.43. The van der Waals surface area contributed by atoms with E-state index in [9.17, 15) is 19.5 Å². The van der Waals surface area contributed by atoms with Crippen LogP contribution >= 0.6 is 0 Å². The molecule has 0 aromatic heterocycles. The van der Waals surface area contributed by atoms with Crippen LogP contribution in [-0.2, 0) is 15.0 Å². The molecule has 27 heavy (non-hydrogen) atoms. The molecule has 1 aliphatic rings. The van der Waals surface area contributed by atoms with Gasteiger partial charge in [-0.1, -0.05) is 18.2 Å². The average molecular weight is 366 g/mol. The molecule has 0 saturated carbocycles. The molecule has 2 aromatic rings. The third-order valence-electron chi connectivity index (χ3n) is 4.89. The van der Waals surface area contributed by atoms with E-state index < -0.39 is 11.4 Å². The molecule has 3 rings (SSSR count). The summed E-state index contributed by atoms with van der Waals surface area (Å²) in [5.74, 6) is -1.12. The van der Waals surface area contributed by atoms with Gasteiger partial charge < -0.3 is 15.3 Å². The molecule has 0 atom stereocenters. The van der Waals surface area contributed by atoms with Gasteiger partial charge in [-0.3, -0.25) is 14.4 Å². The molecule has 0 unspecified atom stereocenters. The van der Waals surface area contributed by atoms with E-state index in [-0.39, 0.29) is 11.8 Å². The molecule has 2 amide bonds. The van der Waals surface area contributed by atoms with Crippen molar-refractivity contribution in [3.05, 3.63) is 59.7 Å². The Morgan fingerprint density at radius 2 is 1.81 bits per heavy atom. The maximum Gasteiger partial charge on any atom is 0.313 e. The van der Waals surface area contributed by atoms with E-state index in [1.54, 1.807) is 61.2 Å². The van der Waals surface area contributed by atoms with E-state index in [0.717, 1.165) is 12.1 Å². The summed E-state index contributed by atoms with van der Waals surface area (Å²) in [5.41, 5.74) is 1.42. The topological polar surface area (TPSA) is 86.7 Å². The van der Waals surface area contributed by atoms with Crippen molar-refractivity contribution in [3.63, 3.8) is 0 Å². The van der Waals surface area contributed by atoms with Crippen LogP contribution < -0.4 is 10.2 Å². The zero-order valence-corrected chi connectivity index (χ0v) is 15.4. The number of benzene rings is 2. The Morgan fingerprint density at radius 1 is 1.11 bits per heavy atom. The number of hydrogen-bond donors (Lipinski definition) is 2. The first kappa shape index (κ1) is 18.6. The van der Waals surface area contributed by atoms with Gasteiger partial charge in [0, 0.05) is 29.9 Å². The molecule has 6 nitrogen and oxygen atoms in total. The summed E-state index contributed by atoms with van der Waals surface area (Å²) >= 11 is 0. The normalized spacial score (nSPS) is 14.3. The third kappa shape index (κ3) is 3.84. The summed E-state index contributed by atoms with van der Waals surface area (Å²) in [6.45, 7) is 3.94. The first-order chi connectivity index (χ1) is 12.8. The summed E-state index contributed by atoms with van der Waals surface area (Å²) in [6, 6.07) is 13.8. The van der Waals surface area contributed by atoms with Crippen molar-refractivity contribution in [2.24, 2.45) is 0 Å². The Hall–Kier alpha value is -3.15. The highest BCUT2D eigenvalue weighted by Crippen LogP contribution is 2.26. The van der Waals surface area contributed by atoms with Crippen LogP contribution in [-0.4, -0.2) is 29.4 Å². The molecule has 0 aliphatic carbocycles. The summed E-state index contributed by atoms with van der Waals surface area (Å²) in [6.07, 6.45) is 1.36. The number of amides is 2. The number of nitrogens with one attached hydrogen (secondary N) is 1. The minimum atomic E-state index is -1.00. The number of carboxylic acid groups (broad SMARTS) is 1. The van der Waals surface area contributed by atoms with E-state index in [1.165, 1.54) is 0 Å². The summed E-state index contributed by atoms with van der Waals surface area (Å²) in [5, 5.41) is 12.1. The van der Waals surface area contributed by atoms with Crippen LogP contribution in [0.1, 0.15) is 42.6 Å². The van der Waals surface area contributed by atoms with Crippen molar-refractivity contribution in [1.29, 1.82) is 0 Å². The highest BCUT2D eigenvalue weighted by atomic mass is 16.4. The first-order valence-electron chi connectivity index (χ1n) is 8.85. The lowest BCUT2D eigenvalue weighted by Gasteiger charge is -2.20. The van der Waals surface area contributed by atoms with Crippen molar-refractivity contribution in [1.82, 2.24) is 0 Å². The lowest BCUT2D eigenvalue weighted by atomic mass is 9.85. The Balaban J connectivity index is 1.74. The first-order valence-corrected chi connectivity index (χ1v) is 8.85. The van der Waals surface area contributed by atoms with Gasteiger partial charge in [0.1, 0.15) is 0 Å². The molecular weight excluding hydrogens is 344 g/mol. The number of carboxylic acids is 1. The van der Waals surface area contributed by atoms with E-state index in [4.69, 9.17) is 0 Å². The van der Waals surface area contributed by atoms with E-state index in [2.05, 4.69) is 5.32 Å². The zero-order valence-electron chi connectivity index (χ0n) is 15.4. The molecule has 0 spiro atoms. The average Bonchev–Trinajstić information content (AvgIpc) is 3.08. The molecule has 1 saturated heterocycles. The maximum absolute atomic E-state index is 12.5. The van der Waals surface area contributed by atoms with Gasteiger partial charge in [-0.05, 0) is 56.2 Å². The molecule has 6 heteroatoms. The highest BCUT2D eigenvalue weighted by Gasteiger charge is 2.29. The van der Waals surface area contributed by atoms with Crippen molar-refractivity contribution in [3.8, 4) is 0 Å². The lowest BCUT2D eigenvalue weighted by molar-refractivity contribution is -0.142. The number of anilines is 2. The molecule has 0 radical (unpaired) electrons. The van der Waals surface area contributed by atoms with Gasteiger partial charge >= 0.3 is 5.97 Å². The number of hydrogen-bond acceptors (Lipinski definition) is 3. The van der Waals surface area contributed by atoms with E-state index in [0.29, 0.717) is 29.8 Å². The van der Waals surface area contributed by atoms with Crippen LogP contribution in [0.4, 0.5) is 11.4 Å². The Bertz CT molecular complexity index is 887. The smallest absolute Gasteiger partial charge is 0.313 e. The molecule has 2 N–H and O–H groups in total. The quantitative estimate of drug-likeness (QED) is 0.849. The van der Waals surface area contributed by atoms with Crippen LogP contribution in [0.3, 0.4) is 0 Å². The molecular formula is C21H22N2O4. The molecule has 2 aromatic carbocycles. The number of nitrogens with zero attached hydrogens (tertiary/aromatic N) is 1. The maximum atomic E-state index is 12.5. The van der Waals surface area contributed by atoms with Crippen LogP contribution in [0.2, 0.25) is 0 Å². The van der Waals surface area contributed by atoms with Gasteiger partial charge in [0.2, 0.25) is 5.91 Å². The van der Waals surface area contributed by atoms with Gasteiger partial charge in [-0.15, -0.1) is 0 Å². The second kappa shape index (κ2) is 7.23. The largest absolute Gasteiger partial charge is 0.481 e. The fraction of sp³-hybridized carbons (Fsp3) is 0.286. The van der Waals surface area contributed by atoms with Crippen LogP contribution in [0.25, 0.3) is 0 Å². The van der Waals surface area contributed by atoms with Crippen molar-refractivity contribution < 1.29 is 19.5 Å². The third-order valence-corrected chi connectivity index (χ3v) is 4.89. The minimum Gasteiger partial charge on any atom is -0.481 e. The lowest BCUT2D eigenvalue weighted by Crippen LogP contribution is -2.28. The van der Waals surface area contributed by atoms with Gasteiger partial charge in [0.25, 0.3) is 5.91 Å². The summed E-state index contributed by atoms with van der Waals surface area (Å²) in [4.78, 5) is 37.5. The molecule has 140 valence electrons. The van der Waals surface area contributed by atoms with Gasteiger partial charge in [-0.2, -0.15) is 0 Å². The van der Waals surface area contributed by atoms with Gasteiger partial charge in [0.15, 0.2) is 0 Å². The summed E-state index contributed by atoms with van der Waals surface area (Å²) < 4.78 is 0. The number of aliphatic carboxylic acids is 1. The monoisotopic (exact) mass is 366 g/mol. The second-order valence-corrected chi connectivity index (χ2v) is 7.16. The van der Waals surface area contributed by atoms with Crippen molar-refractivity contribution >= 4 is 29.2 Å². The highest BCUT2D eigenvalue weighted by molar-refractivity contribution is 6.05. The van der Waals surface area contributed by atoms with Crippen LogP contribution in [0.15, 0.2) is 48.5 Å². The Kier molecular flexibility index (Phi) is 4.99. The standard InChI is InChI=1S/C21H22N2O4/c1-21(2,20(26)27)15-8-10-16(11-9-15)22-19(25)14-5-3-6-17(13-14)23-12-4-7-18(23)24/h3,5-6,8-11,13H,4,7,12H2,1-2H3,(H,22,25)(H,26,27). The molecule has 1 fully saturated rings. The predicted molar refractivity (Wildman–Crippen MR) is 103 cm³/mol. The fourth-order valence-corrected chi connectivity index (χ4v) is 3.03. The van der Waals surface area contributed by atoms with Crippen molar-refractivity contribution in [2.75, 3.05) is 16.8 Å². The minimum absolute atomic E-state index is 0.0733. The fourth-order valence-electron chi connectivity index (χ4n) is 3.03. The second-order valence-electron chi connectivity index (χ2n) is 7.16. The number of carbonyl (C=O) groups excluding carboxylic acids is 2. The summed E-state index contributed by atoms with van der Waals surface area (Å²) in [7, 11) is 0. The van der Waals surface area contributed by atoms with Gasteiger partial charge in [-0.25, -0.2) is 0 Å². The molecule has 1 heterocycles. The zero-order chi connectivity index (χ0) is 19.6. The number of rotatable bonds is 5. The molecule has 1 aliphatic heterocycles. The Morgan fingerprint density at radius 3 is 2.41 bits per heavy atom. The van der Waals surface area contributed by atoms with Gasteiger partial charge in [0.05, 0.1) is 5.41 Å². The van der Waals surface area contributed by atoms with Crippen LogP contribution in [0, 0.1) is 0 Å². The number of carbonyl (C=O) groups is 3. The van der Waals surface area contributed by atoms with E-state index in [1.807, 2.05) is 6.07 Å².